The van der Waals surface area contributed by atoms with E-state index >= 15 is 0 Å². The Balaban J connectivity index is 2.31. The van der Waals surface area contributed by atoms with E-state index in [2.05, 4.69) is 20.6 Å². The van der Waals surface area contributed by atoms with Gasteiger partial charge in [-0.3, -0.25) is 4.79 Å². The van der Waals surface area contributed by atoms with E-state index in [1.807, 2.05) is 0 Å². The normalized spacial score (nSPS) is 12.8. The lowest BCUT2D eigenvalue weighted by molar-refractivity contribution is -0.137. The molecule has 12 heavy (non-hydrogen) atoms. The molecule has 0 aromatic carbocycles. The summed E-state index contributed by atoms with van der Waals surface area (Å²) in [6.07, 6.45) is 0. The number of carbonyl (C=O) groups is 1. The van der Waals surface area contributed by atoms with E-state index in [0.717, 1.165) is 0 Å². The molecule has 0 aliphatic heterocycles. The maximum absolute atomic E-state index is 10.3. The van der Waals surface area contributed by atoms with Gasteiger partial charge in [-0.05, 0) is 10.4 Å². The third kappa shape index (κ3) is 2.47. The number of carboxylic acids is 1. The molecule has 1 heterocycles. The van der Waals surface area contributed by atoms with E-state index < -0.39 is 12.0 Å². The van der Waals surface area contributed by atoms with Crippen LogP contribution in [-0.4, -0.2) is 43.5 Å². The molecule has 1 rings (SSSR count). The third-order valence-electron chi connectivity index (χ3n) is 1.04. The molecule has 1 aromatic heterocycles. The minimum Gasteiger partial charge on any atom is -0.480 e. The molecular formula is C4H7N5O2S. The van der Waals surface area contributed by atoms with Gasteiger partial charge in [-0.25, -0.2) is 5.10 Å². The highest BCUT2D eigenvalue weighted by Crippen LogP contribution is 2.10. The maximum Gasteiger partial charge on any atom is 0.321 e. The van der Waals surface area contributed by atoms with Crippen LogP contribution in [-0.2, 0) is 4.79 Å². The van der Waals surface area contributed by atoms with Gasteiger partial charge in [0.05, 0.1) is 0 Å². The third-order valence-corrected chi connectivity index (χ3v) is 2.01. The van der Waals surface area contributed by atoms with Crippen LogP contribution in [0.15, 0.2) is 5.16 Å². The Bertz CT molecular complexity index is 250. The fraction of sp³-hybridized carbons (Fsp3) is 0.500. The summed E-state index contributed by atoms with van der Waals surface area (Å²) in [5, 5.41) is 21.5. The Hall–Kier alpha value is -1.15. The van der Waals surface area contributed by atoms with Gasteiger partial charge in [0.2, 0.25) is 5.16 Å². The minimum absolute atomic E-state index is 0.242. The molecule has 8 heteroatoms. The number of H-pyrrole nitrogens is 1. The number of aromatic amines is 1. The first-order chi connectivity index (χ1) is 5.70. The predicted octanol–water partition coefficient (Wildman–Crippen LogP) is -1.30. The van der Waals surface area contributed by atoms with Gasteiger partial charge >= 0.3 is 5.97 Å². The molecule has 0 aliphatic carbocycles. The highest BCUT2D eigenvalue weighted by molar-refractivity contribution is 7.99. The van der Waals surface area contributed by atoms with E-state index in [4.69, 9.17) is 10.8 Å². The van der Waals surface area contributed by atoms with Crippen LogP contribution in [0, 0.1) is 0 Å². The quantitative estimate of drug-likeness (QED) is 0.504. The molecular weight excluding hydrogens is 182 g/mol. The molecule has 4 N–H and O–H groups in total. The van der Waals surface area contributed by atoms with Crippen molar-refractivity contribution in [1.82, 2.24) is 20.6 Å². The number of thioether (sulfide) groups is 1. The first kappa shape index (κ1) is 8.94. The summed E-state index contributed by atoms with van der Waals surface area (Å²) in [6.45, 7) is 0. The van der Waals surface area contributed by atoms with Gasteiger partial charge in [-0.1, -0.05) is 11.8 Å². The predicted molar refractivity (Wildman–Crippen MR) is 40.5 cm³/mol. The van der Waals surface area contributed by atoms with Crippen molar-refractivity contribution >= 4 is 17.7 Å². The molecule has 0 radical (unpaired) electrons. The number of carboxylic acid groups (broad SMARTS) is 1. The SMILES string of the molecule is N[C@@H](CSc1nnn[nH]1)C(=O)O. The van der Waals surface area contributed by atoms with E-state index in [0.29, 0.717) is 5.16 Å². The molecule has 0 bridgehead atoms. The molecule has 0 unspecified atom stereocenters. The van der Waals surface area contributed by atoms with Crippen molar-refractivity contribution in [3.8, 4) is 0 Å². The molecule has 0 fully saturated rings. The van der Waals surface area contributed by atoms with Crippen molar-refractivity contribution in [3.63, 3.8) is 0 Å². The van der Waals surface area contributed by atoms with Crippen LogP contribution >= 0.6 is 11.8 Å². The average Bonchev–Trinajstić information content (AvgIpc) is 2.51. The second-order valence-electron chi connectivity index (χ2n) is 1.96. The van der Waals surface area contributed by atoms with Gasteiger partial charge in [0.25, 0.3) is 0 Å². The van der Waals surface area contributed by atoms with Crippen LogP contribution < -0.4 is 5.73 Å². The van der Waals surface area contributed by atoms with Crippen molar-refractivity contribution in [1.29, 1.82) is 0 Å². The van der Waals surface area contributed by atoms with Gasteiger partial charge in [0, 0.05) is 5.75 Å². The average molecular weight is 189 g/mol. The molecule has 1 aromatic rings. The van der Waals surface area contributed by atoms with Gasteiger partial charge in [0.15, 0.2) is 0 Å². The Labute approximate surface area is 71.7 Å². The summed E-state index contributed by atoms with van der Waals surface area (Å²) in [5.74, 6) is -0.790. The molecule has 0 saturated heterocycles. The number of hydrogen-bond donors (Lipinski definition) is 3. The van der Waals surface area contributed by atoms with Gasteiger partial charge in [-0.2, -0.15) is 0 Å². The highest BCUT2D eigenvalue weighted by Gasteiger charge is 2.12. The zero-order valence-corrected chi connectivity index (χ0v) is 6.78. The second kappa shape index (κ2) is 4.02. The molecule has 1 atom stereocenters. The largest absolute Gasteiger partial charge is 0.480 e. The summed E-state index contributed by atoms with van der Waals surface area (Å²) in [5.41, 5.74) is 5.23. The van der Waals surface area contributed by atoms with Crippen molar-refractivity contribution in [3.05, 3.63) is 0 Å². The molecule has 66 valence electrons. The lowest BCUT2D eigenvalue weighted by Gasteiger charge is -2.01. The van der Waals surface area contributed by atoms with Gasteiger partial charge in [-0.15, -0.1) is 5.10 Å². The van der Waals surface area contributed by atoms with E-state index in [1.165, 1.54) is 11.8 Å². The number of tetrazole rings is 1. The number of aliphatic carboxylic acids is 1. The molecule has 0 spiro atoms. The number of nitrogens with two attached hydrogens (primary N) is 1. The monoisotopic (exact) mass is 189 g/mol. The number of rotatable bonds is 4. The fourth-order valence-corrected chi connectivity index (χ4v) is 1.13. The minimum atomic E-state index is -1.03. The van der Waals surface area contributed by atoms with E-state index in [1.54, 1.807) is 0 Å². The van der Waals surface area contributed by atoms with E-state index in [9.17, 15) is 4.79 Å². The van der Waals surface area contributed by atoms with Crippen LogP contribution in [0.5, 0.6) is 0 Å². The summed E-state index contributed by atoms with van der Waals surface area (Å²) in [4.78, 5) is 10.3. The molecule has 0 aliphatic rings. The van der Waals surface area contributed by atoms with Crippen molar-refractivity contribution in [2.45, 2.75) is 11.2 Å². The zero-order chi connectivity index (χ0) is 8.97. The topological polar surface area (TPSA) is 118 Å². The van der Waals surface area contributed by atoms with Crippen LogP contribution in [0.25, 0.3) is 0 Å². The van der Waals surface area contributed by atoms with Crippen LogP contribution in [0.4, 0.5) is 0 Å². The second-order valence-corrected chi connectivity index (χ2v) is 2.97. The van der Waals surface area contributed by atoms with Crippen LogP contribution in [0.3, 0.4) is 0 Å². The lowest BCUT2D eigenvalue weighted by Crippen LogP contribution is -2.32. The van der Waals surface area contributed by atoms with Crippen molar-refractivity contribution < 1.29 is 9.90 Å². The first-order valence-corrected chi connectivity index (χ1v) is 4.03. The lowest BCUT2D eigenvalue weighted by atomic mass is 10.4. The van der Waals surface area contributed by atoms with E-state index in [-0.39, 0.29) is 5.75 Å². The smallest absolute Gasteiger partial charge is 0.321 e. The Kier molecular flexibility index (Phi) is 3.00. The molecule has 7 nitrogen and oxygen atoms in total. The zero-order valence-electron chi connectivity index (χ0n) is 5.97. The fourth-order valence-electron chi connectivity index (χ4n) is 0.452. The Morgan fingerprint density at radius 2 is 2.58 bits per heavy atom. The first-order valence-electron chi connectivity index (χ1n) is 3.05. The number of nitrogens with one attached hydrogen (secondary N) is 1. The van der Waals surface area contributed by atoms with Gasteiger partial charge < -0.3 is 10.8 Å². The van der Waals surface area contributed by atoms with Crippen LogP contribution in [0.1, 0.15) is 0 Å². The Morgan fingerprint density at radius 1 is 1.83 bits per heavy atom. The summed E-state index contributed by atoms with van der Waals surface area (Å²) < 4.78 is 0. The summed E-state index contributed by atoms with van der Waals surface area (Å²) in [6, 6.07) is -0.889. The maximum atomic E-state index is 10.3. The van der Waals surface area contributed by atoms with Crippen molar-refractivity contribution in [2.75, 3.05) is 5.75 Å². The van der Waals surface area contributed by atoms with Crippen molar-refractivity contribution in [2.24, 2.45) is 5.73 Å². The summed E-state index contributed by atoms with van der Waals surface area (Å²) >= 11 is 1.17. The summed E-state index contributed by atoms with van der Waals surface area (Å²) in [7, 11) is 0. The standard InChI is InChI=1S/C4H7N5O2S/c5-2(3(10)11)1-12-4-6-8-9-7-4/h2H,1,5H2,(H,10,11)(H,6,7,8,9)/t2-/m0/s1. The number of hydrogen-bond acceptors (Lipinski definition) is 6. The molecule has 0 saturated carbocycles. The highest BCUT2D eigenvalue weighted by atomic mass is 32.2. The number of nitrogens with zero attached hydrogens (tertiary/aromatic N) is 3. The Morgan fingerprint density at radius 3 is 3.08 bits per heavy atom. The van der Waals surface area contributed by atoms with Crippen LogP contribution in [0.2, 0.25) is 0 Å². The molecule has 0 amide bonds. The number of aromatic nitrogens is 4. The van der Waals surface area contributed by atoms with Gasteiger partial charge in [0.1, 0.15) is 6.04 Å².